The molecule has 21 heavy (non-hydrogen) atoms. The molecule has 0 unspecified atom stereocenters. The number of hydrogen-bond acceptors (Lipinski definition) is 4. The van der Waals surface area contributed by atoms with Crippen molar-refractivity contribution < 1.29 is 4.43 Å². The van der Waals surface area contributed by atoms with Gasteiger partial charge >= 0.3 is 0 Å². The van der Waals surface area contributed by atoms with E-state index >= 15 is 0 Å². The summed E-state index contributed by atoms with van der Waals surface area (Å²) in [6.07, 6.45) is 1.69. The maximum atomic E-state index is 6.16. The Labute approximate surface area is 135 Å². The summed E-state index contributed by atoms with van der Waals surface area (Å²) in [6.45, 7) is 12.4. The minimum Gasteiger partial charge on any atom is -0.415 e. The highest BCUT2D eigenvalue weighted by Crippen LogP contribution is 2.36. The fraction of sp³-hybridized carbons (Fsp3) is 0.615. The van der Waals surface area contributed by atoms with Gasteiger partial charge in [0.2, 0.25) is 5.28 Å². The summed E-state index contributed by atoms with van der Waals surface area (Å²) in [6, 6.07) is 0. The van der Waals surface area contributed by atoms with Gasteiger partial charge in [0.25, 0.3) is 0 Å². The van der Waals surface area contributed by atoms with Gasteiger partial charge in [-0.25, -0.2) is 9.97 Å². The van der Waals surface area contributed by atoms with Crippen molar-refractivity contribution in [3.63, 3.8) is 0 Å². The molecule has 0 aromatic carbocycles. The maximum absolute atomic E-state index is 6.16. The SMILES string of the molecule is CC(C)(C)[Si](C)(C)OCCn1cnc2c(Cl)nc(Cl)nc21. The molecule has 2 rings (SSSR count). The van der Waals surface area contributed by atoms with E-state index in [9.17, 15) is 0 Å². The molecule has 2 aromatic rings. The Bertz CT molecular complexity index is 651. The summed E-state index contributed by atoms with van der Waals surface area (Å²) in [5, 5.41) is 0.590. The summed E-state index contributed by atoms with van der Waals surface area (Å²) in [5.41, 5.74) is 1.20. The first-order valence-corrected chi connectivity index (χ1v) is 10.5. The number of fused-ring (bicyclic) bond motifs is 1. The maximum Gasteiger partial charge on any atom is 0.225 e. The van der Waals surface area contributed by atoms with E-state index in [0.29, 0.717) is 24.3 Å². The average molecular weight is 347 g/mol. The van der Waals surface area contributed by atoms with Gasteiger partial charge in [-0.05, 0) is 29.7 Å². The van der Waals surface area contributed by atoms with Crippen LogP contribution in [0.15, 0.2) is 6.33 Å². The first-order chi connectivity index (χ1) is 9.62. The summed E-state index contributed by atoms with van der Waals surface area (Å²) in [7, 11) is -1.75. The van der Waals surface area contributed by atoms with Gasteiger partial charge in [0.15, 0.2) is 19.1 Å². The molecule has 0 aliphatic rings. The largest absolute Gasteiger partial charge is 0.415 e. The Morgan fingerprint density at radius 3 is 2.52 bits per heavy atom. The van der Waals surface area contributed by atoms with Gasteiger partial charge in [0.05, 0.1) is 12.9 Å². The number of aromatic nitrogens is 4. The van der Waals surface area contributed by atoms with Crippen molar-refractivity contribution >= 4 is 42.7 Å². The lowest BCUT2D eigenvalue weighted by Crippen LogP contribution is -2.41. The molecule has 116 valence electrons. The van der Waals surface area contributed by atoms with Crippen molar-refractivity contribution in [3.05, 3.63) is 16.8 Å². The molecule has 0 aliphatic carbocycles. The van der Waals surface area contributed by atoms with Crippen molar-refractivity contribution in [1.29, 1.82) is 0 Å². The highest BCUT2D eigenvalue weighted by atomic mass is 35.5. The van der Waals surface area contributed by atoms with Crippen LogP contribution in [-0.2, 0) is 11.0 Å². The van der Waals surface area contributed by atoms with Crippen LogP contribution in [0.25, 0.3) is 11.2 Å². The van der Waals surface area contributed by atoms with E-state index in [1.807, 2.05) is 4.57 Å². The van der Waals surface area contributed by atoms with Gasteiger partial charge < -0.3 is 8.99 Å². The zero-order valence-electron chi connectivity index (χ0n) is 12.9. The monoisotopic (exact) mass is 346 g/mol. The predicted octanol–water partition coefficient (Wildman–Crippen LogP) is 4.15. The lowest BCUT2D eigenvalue weighted by molar-refractivity contribution is 0.273. The fourth-order valence-electron chi connectivity index (χ4n) is 1.66. The van der Waals surface area contributed by atoms with Crippen molar-refractivity contribution in [3.8, 4) is 0 Å². The molecule has 0 saturated heterocycles. The smallest absolute Gasteiger partial charge is 0.225 e. The lowest BCUT2D eigenvalue weighted by atomic mass is 10.2. The second-order valence-corrected chi connectivity index (χ2v) is 12.0. The lowest BCUT2D eigenvalue weighted by Gasteiger charge is -2.36. The summed E-state index contributed by atoms with van der Waals surface area (Å²) in [4.78, 5) is 12.3. The van der Waals surface area contributed by atoms with Crippen molar-refractivity contribution in [1.82, 2.24) is 19.5 Å². The van der Waals surface area contributed by atoms with Crippen LogP contribution in [-0.4, -0.2) is 34.4 Å². The fourth-order valence-corrected chi connectivity index (χ4v) is 3.12. The van der Waals surface area contributed by atoms with Gasteiger partial charge in [-0.15, -0.1) is 0 Å². The Balaban J connectivity index is 2.12. The molecule has 0 aliphatic heterocycles. The molecule has 0 fully saturated rings. The van der Waals surface area contributed by atoms with Crippen LogP contribution in [0.4, 0.5) is 0 Å². The van der Waals surface area contributed by atoms with E-state index in [2.05, 4.69) is 48.8 Å². The Kier molecular flexibility index (Phi) is 4.63. The molecule has 2 aromatic heterocycles. The first-order valence-electron chi connectivity index (χ1n) is 6.80. The molecule has 0 saturated carbocycles. The van der Waals surface area contributed by atoms with E-state index in [4.69, 9.17) is 27.6 Å². The molecule has 5 nitrogen and oxygen atoms in total. The van der Waals surface area contributed by atoms with Crippen LogP contribution in [0, 0.1) is 0 Å². The minimum absolute atomic E-state index is 0.125. The predicted molar refractivity (Wildman–Crippen MR) is 88.5 cm³/mol. The van der Waals surface area contributed by atoms with Crippen LogP contribution in [0.3, 0.4) is 0 Å². The quantitative estimate of drug-likeness (QED) is 0.474. The normalized spacial score (nSPS) is 13.1. The molecule has 0 radical (unpaired) electrons. The molecule has 8 heteroatoms. The van der Waals surface area contributed by atoms with E-state index in [1.165, 1.54) is 0 Å². The average Bonchev–Trinajstić information content (AvgIpc) is 2.71. The summed E-state index contributed by atoms with van der Waals surface area (Å²) in [5.74, 6) is 0. The van der Waals surface area contributed by atoms with Gasteiger partial charge in [-0.2, -0.15) is 4.98 Å². The number of halogens is 2. The van der Waals surface area contributed by atoms with E-state index in [0.717, 1.165) is 0 Å². The number of rotatable bonds is 4. The molecular formula is C13H20Cl2N4OSi. The minimum atomic E-state index is -1.75. The van der Waals surface area contributed by atoms with Crippen LogP contribution in [0.1, 0.15) is 20.8 Å². The van der Waals surface area contributed by atoms with Crippen molar-refractivity contribution in [2.75, 3.05) is 6.61 Å². The first kappa shape index (κ1) is 16.7. The topological polar surface area (TPSA) is 52.8 Å². The van der Waals surface area contributed by atoms with Crippen LogP contribution in [0.2, 0.25) is 28.6 Å². The third kappa shape index (κ3) is 3.56. The van der Waals surface area contributed by atoms with Crippen molar-refractivity contribution in [2.45, 2.75) is 45.4 Å². The Morgan fingerprint density at radius 1 is 1.24 bits per heavy atom. The Hall–Kier alpha value is -0.693. The number of hydrogen-bond donors (Lipinski definition) is 0. The summed E-state index contributed by atoms with van der Waals surface area (Å²) >= 11 is 11.9. The number of imidazole rings is 1. The third-order valence-corrected chi connectivity index (χ3v) is 8.97. The highest BCUT2D eigenvalue weighted by molar-refractivity contribution is 6.74. The van der Waals surface area contributed by atoms with E-state index < -0.39 is 8.32 Å². The van der Waals surface area contributed by atoms with E-state index in [-0.39, 0.29) is 15.5 Å². The number of nitrogens with zero attached hydrogens (tertiary/aromatic N) is 4. The molecule has 0 atom stereocenters. The molecule has 0 N–H and O–H groups in total. The van der Waals surface area contributed by atoms with Gasteiger partial charge in [0.1, 0.15) is 5.52 Å². The zero-order chi connectivity index (χ0) is 15.8. The second kappa shape index (κ2) is 5.83. The molecule has 2 heterocycles. The van der Waals surface area contributed by atoms with Crippen LogP contribution >= 0.6 is 23.2 Å². The summed E-state index contributed by atoms with van der Waals surface area (Å²) < 4.78 is 8.05. The van der Waals surface area contributed by atoms with Crippen LogP contribution in [0.5, 0.6) is 0 Å². The van der Waals surface area contributed by atoms with Gasteiger partial charge in [-0.1, -0.05) is 32.4 Å². The molecular weight excluding hydrogens is 327 g/mol. The molecule has 0 amide bonds. The van der Waals surface area contributed by atoms with Gasteiger partial charge in [-0.3, -0.25) is 0 Å². The highest BCUT2D eigenvalue weighted by Gasteiger charge is 2.36. The molecule has 0 bridgehead atoms. The van der Waals surface area contributed by atoms with Crippen molar-refractivity contribution in [2.24, 2.45) is 0 Å². The molecule has 0 spiro atoms. The second-order valence-electron chi connectivity index (χ2n) is 6.50. The van der Waals surface area contributed by atoms with Gasteiger partial charge in [0, 0.05) is 6.54 Å². The zero-order valence-corrected chi connectivity index (χ0v) is 15.5. The standard InChI is InChI=1S/C13H20Cl2N4OSi/c1-13(2,3)21(4,5)20-7-6-19-8-16-9-10(14)17-12(15)18-11(9)19/h8H,6-7H2,1-5H3. The van der Waals surface area contributed by atoms with E-state index in [1.54, 1.807) is 6.33 Å². The Morgan fingerprint density at radius 2 is 1.90 bits per heavy atom. The van der Waals surface area contributed by atoms with Crippen LogP contribution < -0.4 is 0 Å². The third-order valence-electron chi connectivity index (χ3n) is 4.00.